The van der Waals surface area contributed by atoms with Gasteiger partial charge in [0.05, 0.1) is 22.7 Å². The maximum absolute atomic E-state index is 9.51. The zero-order chi connectivity index (χ0) is 16.8. The molecular weight excluding hydrogens is 418 g/mol. The monoisotopic (exact) mass is 433 g/mol. The molecule has 0 fully saturated rings. The van der Waals surface area contributed by atoms with Crippen LogP contribution in [0.2, 0.25) is 0 Å². The van der Waals surface area contributed by atoms with Crippen LogP contribution in [0.5, 0.6) is 5.75 Å². The fraction of sp³-hybridized carbons (Fsp3) is 0.211. The largest absolute Gasteiger partial charge is 0.492 e. The van der Waals surface area contributed by atoms with Crippen molar-refractivity contribution in [3.8, 4) is 11.8 Å². The Morgan fingerprint density at radius 1 is 1.22 bits per heavy atom. The molecule has 0 radical (unpaired) electrons. The second-order valence-electron chi connectivity index (χ2n) is 5.55. The molecule has 2 nitrogen and oxygen atoms in total. The number of ether oxygens (including phenoxy) is 1. The Morgan fingerprint density at radius 2 is 1.91 bits per heavy atom. The van der Waals surface area contributed by atoms with E-state index in [4.69, 9.17) is 4.74 Å². The second kappa shape index (κ2) is 8.33. The third-order valence-electron chi connectivity index (χ3n) is 3.10. The molecule has 23 heavy (non-hydrogen) atoms. The van der Waals surface area contributed by atoms with Gasteiger partial charge >= 0.3 is 0 Å². The summed E-state index contributed by atoms with van der Waals surface area (Å²) in [5.74, 6) is 1.18. The molecule has 118 valence electrons. The smallest absolute Gasteiger partial charge is 0.140 e. The average molecular weight is 435 g/mol. The summed E-state index contributed by atoms with van der Waals surface area (Å²) in [6.45, 7) is 4.83. The zero-order valence-electron chi connectivity index (χ0n) is 13.0. The van der Waals surface area contributed by atoms with Crippen molar-refractivity contribution in [1.29, 1.82) is 5.26 Å². The van der Waals surface area contributed by atoms with Crippen LogP contribution in [0.3, 0.4) is 0 Å². The van der Waals surface area contributed by atoms with Crippen molar-refractivity contribution in [3.05, 3.63) is 62.5 Å². The molecule has 0 spiro atoms. The minimum atomic E-state index is 0.423. The van der Waals surface area contributed by atoms with Crippen LogP contribution >= 0.6 is 31.9 Å². The highest BCUT2D eigenvalue weighted by molar-refractivity contribution is 9.11. The van der Waals surface area contributed by atoms with Gasteiger partial charge in [0.1, 0.15) is 5.75 Å². The highest BCUT2D eigenvalue weighted by Gasteiger charge is 2.11. The topological polar surface area (TPSA) is 33.0 Å². The number of halogens is 2. The molecule has 0 saturated heterocycles. The van der Waals surface area contributed by atoms with Gasteiger partial charge in [-0.25, -0.2) is 0 Å². The van der Waals surface area contributed by atoms with Crippen LogP contribution in [0, 0.1) is 17.2 Å². The standard InChI is InChI=1S/C19H17Br2NO/c1-13(2)12-23-19-15(9-17(20)10-18(19)21)8-16(11-22)14-6-4-3-5-7-14/h3-10,13H,12H2,1-2H3/b16-8+. The van der Waals surface area contributed by atoms with Crippen LogP contribution in [0.15, 0.2) is 51.4 Å². The molecule has 0 heterocycles. The van der Waals surface area contributed by atoms with E-state index in [0.29, 0.717) is 18.1 Å². The molecule has 0 aliphatic rings. The first kappa shape index (κ1) is 17.8. The highest BCUT2D eigenvalue weighted by Crippen LogP contribution is 2.35. The lowest BCUT2D eigenvalue weighted by Gasteiger charge is -2.14. The maximum atomic E-state index is 9.51. The number of benzene rings is 2. The van der Waals surface area contributed by atoms with E-state index in [2.05, 4.69) is 51.8 Å². The third-order valence-corrected chi connectivity index (χ3v) is 4.15. The molecule has 0 N–H and O–H groups in total. The summed E-state index contributed by atoms with van der Waals surface area (Å²) >= 11 is 7.05. The van der Waals surface area contributed by atoms with Gasteiger partial charge in [-0.2, -0.15) is 5.26 Å². The van der Waals surface area contributed by atoms with E-state index in [0.717, 1.165) is 25.8 Å². The summed E-state index contributed by atoms with van der Waals surface area (Å²) in [6, 6.07) is 15.8. The molecule has 0 saturated carbocycles. The van der Waals surface area contributed by atoms with Gasteiger partial charge in [0.25, 0.3) is 0 Å². The van der Waals surface area contributed by atoms with Crippen LogP contribution in [0.4, 0.5) is 0 Å². The van der Waals surface area contributed by atoms with E-state index in [1.165, 1.54) is 0 Å². The number of allylic oxidation sites excluding steroid dienone is 1. The molecule has 2 aromatic rings. The average Bonchev–Trinajstić information content (AvgIpc) is 2.52. The predicted molar refractivity (Wildman–Crippen MR) is 102 cm³/mol. The van der Waals surface area contributed by atoms with Crippen molar-refractivity contribution in [2.24, 2.45) is 5.92 Å². The van der Waals surface area contributed by atoms with Crippen LogP contribution in [0.1, 0.15) is 25.0 Å². The Labute approximate surface area is 154 Å². The van der Waals surface area contributed by atoms with Gasteiger partial charge in [-0.05, 0) is 45.6 Å². The van der Waals surface area contributed by atoms with Gasteiger partial charge < -0.3 is 4.74 Å². The molecule has 0 aromatic heterocycles. The van der Waals surface area contributed by atoms with Gasteiger partial charge in [-0.3, -0.25) is 0 Å². The fourth-order valence-corrected chi connectivity index (χ4v) is 3.42. The number of hydrogen-bond acceptors (Lipinski definition) is 2. The first-order chi connectivity index (χ1) is 11.0. The molecule has 2 aromatic carbocycles. The minimum Gasteiger partial charge on any atom is -0.492 e. The van der Waals surface area contributed by atoms with E-state index < -0.39 is 0 Å². The Morgan fingerprint density at radius 3 is 2.52 bits per heavy atom. The number of hydrogen-bond donors (Lipinski definition) is 0. The van der Waals surface area contributed by atoms with Crippen molar-refractivity contribution in [2.45, 2.75) is 13.8 Å². The minimum absolute atomic E-state index is 0.423. The van der Waals surface area contributed by atoms with Crippen molar-refractivity contribution in [3.63, 3.8) is 0 Å². The molecule has 0 unspecified atom stereocenters. The van der Waals surface area contributed by atoms with Gasteiger partial charge in [-0.15, -0.1) is 0 Å². The van der Waals surface area contributed by atoms with E-state index in [-0.39, 0.29) is 0 Å². The lowest BCUT2D eigenvalue weighted by Crippen LogP contribution is -2.06. The zero-order valence-corrected chi connectivity index (χ0v) is 16.2. The van der Waals surface area contributed by atoms with Crippen LogP contribution < -0.4 is 4.74 Å². The van der Waals surface area contributed by atoms with E-state index in [9.17, 15) is 5.26 Å². The molecule has 0 aliphatic carbocycles. The number of nitriles is 1. The van der Waals surface area contributed by atoms with E-state index in [1.54, 1.807) is 0 Å². The van der Waals surface area contributed by atoms with Crippen molar-refractivity contribution in [1.82, 2.24) is 0 Å². The highest BCUT2D eigenvalue weighted by atomic mass is 79.9. The summed E-state index contributed by atoms with van der Waals surface area (Å²) in [4.78, 5) is 0. The van der Waals surface area contributed by atoms with E-state index >= 15 is 0 Å². The summed E-state index contributed by atoms with van der Waals surface area (Å²) in [6.07, 6.45) is 1.86. The van der Waals surface area contributed by atoms with Crippen molar-refractivity contribution >= 4 is 43.5 Å². The van der Waals surface area contributed by atoms with E-state index in [1.807, 2.05) is 48.5 Å². The second-order valence-corrected chi connectivity index (χ2v) is 7.32. The van der Waals surface area contributed by atoms with Crippen LogP contribution in [0.25, 0.3) is 11.6 Å². The first-order valence-corrected chi connectivity index (χ1v) is 8.89. The van der Waals surface area contributed by atoms with Gasteiger partial charge in [0, 0.05) is 10.0 Å². The lowest BCUT2D eigenvalue weighted by molar-refractivity contribution is 0.269. The molecule has 4 heteroatoms. The summed E-state index contributed by atoms with van der Waals surface area (Å²) in [7, 11) is 0. The van der Waals surface area contributed by atoms with Gasteiger partial charge in [-0.1, -0.05) is 60.1 Å². The summed E-state index contributed by atoms with van der Waals surface area (Å²) < 4.78 is 7.74. The lowest BCUT2D eigenvalue weighted by atomic mass is 10.0. The number of rotatable bonds is 5. The molecule has 0 aliphatic heterocycles. The Kier molecular flexibility index (Phi) is 6.44. The summed E-state index contributed by atoms with van der Waals surface area (Å²) in [5, 5.41) is 9.51. The first-order valence-electron chi connectivity index (χ1n) is 7.30. The van der Waals surface area contributed by atoms with Crippen LogP contribution in [-0.4, -0.2) is 6.61 Å². The Hall–Kier alpha value is -1.57. The SMILES string of the molecule is CC(C)COc1c(Br)cc(Br)cc1/C=C(\C#N)c1ccccc1. The quantitative estimate of drug-likeness (QED) is 0.408. The fourth-order valence-electron chi connectivity index (χ4n) is 2.04. The van der Waals surface area contributed by atoms with Crippen molar-refractivity contribution in [2.75, 3.05) is 6.61 Å². The Balaban J connectivity index is 2.48. The van der Waals surface area contributed by atoms with Crippen molar-refractivity contribution < 1.29 is 4.74 Å². The predicted octanol–water partition coefficient (Wildman–Crippen LogP) is 6.31. The number of nitrogens with zero attached hydrogens (tertiary/aromatic N) is 1. The van der Waals surface area contributed by atoms with Gasteiger partial charge in [0.2, 0.25) is 0 Å². The summed E-state index contributed by atoms with van der Waals surface area (Å²) in [5.41, 5.74) is 2.36. The molecule has 0 bridgehead atoms. The Bertz CT molecular complexity index is 746. The third kappa shape index (κ3) is 4.95. The normalized spacial score (nSPS) is 11.4. The van der Waals surface area contributed by atoms with Crippen LogP contribution in [-0.2, 0) is 0 Å². The molecular formula is C19H17Br2NO. The van der Waals surface area contributed by atoms with Gasteiger partial charge in [0.15, 0.2) is 0 Å². The molecule has 2 rings (SSSR count). The molecule has 0 atom stereocenters. The maximum Gasteiger partial charge on any atom is 0.140 e. The molecule has 0 amide bonds.